The molecule has 1 aromatic rings. The Kier molecular flexibility index (Phi) is 4.90. The summed E-state index contributed by atoms with van der Waals surface area (Å²) in [5.74, 6) is 0.312. The second kappa shape index (κ2) is 6.93. The summed E-state index contributed by atoms with van der Waals surface area (Å²) >= 11 is 0. The molecular formula is C19H26N2O3. The highest BCUT2D eigenvalue weighted by molar-refractivity contribution is 5.92. The lowest BCUT2D eigenvalue weighted by Gasteiger charge is -2.42. The molecule has 1 aliphatic carbocycles. The molecule has 1 heterocycles. The largest absolute Gasteiger partial charge is 0.384 e. The Morgan fingerprint density at radius 3 is 2.79 bits per heavy atom. The maximum absolute atomic E-state index is 12.9. The van der Waals surface area contributed by atoms with E-state index in [4.69, 9.17) is 10.5 Å². The summed E-state index contributed by atoms with van der Waals surface area (Å²) in [6, 6.07) is 7.50. The van der Waals surface area contributed by atoms with E-state index in [1.807, 2.05) is 23.1 Å². The third-order valence-corrected chi connectivity index (χ3v) is 5.49. The van der Waals surface area contributed by atoms with E-state index < -0.39 is 5.91 Å². The summed E-state index contributed by atoms with van der Waals surface area (Å²) < 4.78 is 5.30. The SMILES string of the molecule is COCC1(C(=O)N2CC[C@H](Cc3cccc(C(N)=O)c3)C2)CCC1. The number of nitrogens with two attached hydrogens (primary N) is 1. The topological polar surface area (TPSA) is 72.6 Å². The summed E-state index contributed by atoms with van der Waals surface area (Å²) in [4.78, 5) is 26.2. The quantitative estimate of drug-likeness (QED) is 0.867. The van der Waals surface area contributed by atoms with Gasteiger partial charge in [-0.25, -0.2) is 0 Å². The number of hydrogen-bond donors (Lipinski definition) is 1. The monoisotopic (exact) mass is 330 g/mol. The van der Waals surface area contributed by atoms with Gasteiger partial charge in [0.05, 0.1) is 12.0 Å². The van der Waals surface area contributed by atoms with E-state index in [2.05, 4.69) is 0 Å². The number of carbonyl (C=O) groups excluding carboxylic acids is 2. The maximum Gasteiger partial charge on any atom is 0.248 e. The molecule has 5 heteroatoms. The van der Waals surface area contributed by atoms with Crippen LogP contribution in [0.15, 0.2) is 24.3 Å². The fraction of sp³-hybridized carbons (Fsp3) is 0.579. The number of carbonyl (C=O) groups is 2. The van der Waals surface area contributed by atoms with Gasteiger partial charge in [0.1, 0.15) is 0 Å². The van der Waals surface area contributed by atoms with Crippen molar-refractivity contribution in [2.75, 3.05) is 26.8 Å². The van der Waals surface area contributed by atoms with E-state index in [0.29, 0.717) is 18.1 Å². The van der Waals surface area contributed by atoms with Crippen molar-refractivity contribution in [2.45, 2.75) is 32.1 Å². The van der Waals surface area contributed by atoms with Gasteiger partial charge in [0.2, 0.25) is 11.8 Å². The second-order valence-electron chi connectivity index (χ2n) is 7.24. The number of amides is 2. The minimum absolute atomic E-state index is 0.268. The summed E-state index contributed by atoms with van der Waals surface area (Å²) in [5.41, 5.74) is 6.74. The first-order valence-electron chi connectivity index (χ1n) is 8.71. The standard InChI is InChI=1S/C19H26N2O3/c1-24-13-19(7-3-8-19)18(23)21-9-6-15(12-21)10-14-4-2-5-16(11-14)17(20)22/h2,4-5,11,15H,3,6-10,12-13H2,1H3,(H2,20,22)/t15-/m1/s1. The molecule has 1 atom stereocenters. The molecule has 1 saturated heterocycles. The van der Waals surface area contributed by atoms with Crippen LogP contribution in [0, 0.1) is 11.3 Å². The van der Waals surface area contributed by atoms with Gasteiger partial charge in [-0.2, -0.15) is 0 Å². The van der Waals surface area contributed by atoms with Crippen molar-refractivity contribution in [2.24, 2.45) is 17.1 Å². The van der Waals surface area contributed by atoms with Gasteiger partial charge in [0.25, 0.3) is 0 Å². The Balaban J connectivity index is 1.60. The van der Waals surface area contributed by atoms with Crippen LogP contribution in [0.5, 0.6) is 0 Å². The molecule has 0 spiro atoms. The summed E-state index contributed by atoms with van der Waals surface area (Å²) in [6.07, 6.45) is 4.90. The number of rotatable bonds is 6. The van der Waals surface area contributed by atoms with Crippen molar-refractivity contribution >= 4 is 11.8 Å². The molecule has 0 unspecified atom stereocenters. The zero-order chi connectivity index (χ0) is 17.2. The van der Waals surface area contributed by atoms with Crippen molar-refractivity contribution < 1.29 is 14.3 Å². The van der Waals surface area contributed by atoms with Crippen LogP contribution < -0.4 is 5.73 Å². The molecule has 2 fully saturated rings. The number of primary amides is 1. The van der Waals surface area contributed by atoms with Crippen LogP contribution in [0.4, 0.5) is 0 Å². The van der Waals surface area contributed by atoms with Crippen LogP contribution in [-0.4, -0.2) is 43.5 Å². The molecule has 0 radical (unpaired) electrons. The molecule has 0 aromatic heterocycles. The van der Waals surface area contributed by atoms with Gasteiger partial charge in [-0.15, -0.1) is 0 Å². The summed E-state index contributed by atoms with van der Waals surface area (Å²) in [5, 5.41) is 0. The first kappa shape index (κ1) is 17.0. The predicted molar refractivity (Wildman–Crippen MR) is 91.5 cm³/mol. The Morgan fingerprint density at radius 1 is 1.38 bits per heavy atom. The third kappa shape index (κ3) is 3.31. The van der Waals surface area contributed by atoms with Crippen LogP contribution >= 0.6 is 0 Å². The van der Waals surface area contributed by atoms with Crippen LogP contribution in [-0.2, 0) is 16.0 Å². The minimum Gasteiger partial charge on any atom is -0.384 e. The Morgan fingerprint density at radius 2 is 2.17 bits per heavy atom. The molecule has 2 N–H and O–H groups in total. The van der Waals surface area contributed by atoms with E-state index in [0.717, 1.165) is 50.8 Å². The molecule has 3 rings (SSSR count). The lowest BCUT2D eigenvalue weighted by molar-refractivity contribution is -0.151. The van der Waals surface area contributed by atoms with E-state index in [9.17, 15) is 9.59 Å². The average molecular weight is 330 g/mol. The number of benzene rings is 1. The molecule has 2 aliphatic rings. The molecule has 2 amide bonds. The molecule has 1 aromatic carbocycles. The van der Waals surface area contributed by atoms with Crippen molar-refractivity contribution in [1.82, 2.24) is 4.90 Å². The Labute approximate surface area is 143 Å². The molecule has 130 valence electrons. The number of hydrogen-bond acceptors (Lipinski definition) is 3. The normalized spacial score (nSPS) is 22.2. The van der Waals surface area contributed by atoms with E-state index >= 15 is 0 Å². The average Bonchev–Trinajstić information content (AvgIpc) is 2.99. The summed E-state index contributed by atoms with van der Waals surface area (Å²) in [7, 11) is 1.67. The zero-order valence-corrected chi connectivity index (χ0v) is 14.3. The van der Waals surface area contributed by atoms with Gasteiger partial charge in [-0.05, 0) is 49.3 Å². The molecular weight excluding hydrogens is 304 g/mol. The third-order valence-electron chi connectivity index (χ3n) is 5.49. The lowest BCUT2D eigenvalue weighted by atomic mass is 9.68. The van der Waals surface area contributed by atoms with Crippen molar-refractivity contribution in [3.8, 4) is 0 Å². The van der Waals surface area contributed by atoms with Crippen LogP contribution in [0.25, 0.3) is 0 Å². The maximum atomic E-state index is 12.9. The number of methoxy groups -OCH3 is 1. The van der Waals surface area contributed by atoms with Gasteiger partial charge < -0.3 is 15.4 Å². The van der Waals surface area contributed by atoms with Crippen LogP contribution in [0.1, 0.15) is 41.6 Å². The molecule has 1 saturated carbocycles. The van der Waals surface area contributed by atoms with Crippen molar-refractivity contribution in [3.63, 3.8) is 0 Å². The number of nitrogens with zero attached hydrogens (tertiary/aromatic N) is 1. The van der Waals surface area contributed by atoms with Gasteiger partial charge in [-0.3, -0.25) is 9.59 Å². The fourth-order valence-electron chi connectivity index (χ4n) is 4.00. The van der Waals surface area contributed by atoms with Crippen LogP contribution in [0.3, 0.4) is 0 Å². The van der Waals surface area contributed by atoms with E-state index in [1.54, 1.807) is 13.2 Å². The van der Waals surface area contributed by atoms with Gasteiger partial charge >= 0.3 is 0 Å². The van der Waals surface area contributed by atoms with Gasteiger partial charge in [0.15, 0.2) is 0 Å². The van der Waals surface area contributed by atoms with E-state index in [-0.39, 0.29) is 11.3 Å². The smallest absolute Gasteiger partial charge is 0.248 e. The minimum atomic E-state index is -0.397. The molecule has 5 nitrogen and oxygen atoms in total. The van der Waals surface area contributed by atoms with E-state index in [1.165, 1.54) is 0 Å². The Hall–Kier alpha value is -1.88. The number of likely N-dealkylation sites (tertiary alicyclic amines) is 1. The zero-order valence-electron chi connectivity index (χ0n) is 14.3. The molecule has 1 aliphatic heterocycles. The summed E-state index contributed by atoms with van der Waals surface area (Å²) in [6.45, 7) is 2.16. The highest BCUT2D eigenvalue weighted by atomic mass is 16.5. The fourth-order valence-corrected chi connectivity index (χ4v) is 4.00. The number of ether oxygens (including phenoxy) is 1. The second-order valence-corrected chi connectivity index (χ2v) is 7.24. The van der Waals surface area contributed by atoms with Crippen LogP contribution in [0.2, 0.25) is 0 Å². The first-order valence-corrected chi connectivity index (χ1v) is 8.71. The lowest BCUT2D eigenvalue weighted by Crippen LogP contribution is -2.49. The van der Waals surface area contributed by atoms with Crippen molar-refractivity contribution in [1.29, 1.82) is 0 Å². The highest BCUT2D eigenvalue weighted by Gasteiger charge is 2.47. The van der Waals surface area contributed by atoms with Gasteiger partial charge in [0, 0.05) is 25.8 Å². The highest BCUT2D eigenvalue weighted by Crippen LogP contribution is 2.43. The molecule has 0 bridgehead atoms. The first-order chi connectivity index (χ1) is 11.5. The molecule has 24 heavy (non-hydrogen) atoms. The van der Waals surface area contributed by atoms with Gasteiger partial charge in [-0.1, -0.05) is 18.6 Å². The predicted octanol–water partition coefficient (Wildman–Crippen LogP) is 1.99. The Bertz CT molecular complexity index is 625. The van der Waals surface area contributed by atoms with Crippen molar-refractivity contribution in [3.05, 3.63) is 35.4 Å².